The average Bonchev–Trinajstić information content (AvgIpc) is 2.64. The normalized spacial score (nSPS) is 29.6. The van der Waals surface area contributed by atoms with Gasteiger partial charge >= 0.3 is 6.09 Å². The van der Waals surface area contributed by atoms with E-state index in [1.165, 1.54) is 0 Å². The van der Waals surface area contributed by atoms with Crippen molar-refractivity contribution < 1.29 is 14.3 Å². The highest BCUT2D eigenvalue weighted by Crippen LogP contribution is 2.21. The van der Waals surface area contributed by atoms with Crippen LogP contribution < -0.4 is 16.0 Å². The summed E-state index contributed by atoms with van der Waals surface area (Å²) < 4.78 is 5.21. The topological polar surface area (TPSA) is 79.5 Å². The SMILES string of the molecule is CC(C)(C)OC(=O)NC1CC(NCC2CCC(=O)N2)C1. The van der Waals surface area contributed by atoms with E-state index in [4.69, 9.17) is 4.74 Å². The zero-order chi connectivity index (χ0) is 14.8. The molecule has 1 aliphatic carbocycles. The Kier molecular flexibility index (Phi) is 4.52. The lowest BCUT2D eigenvalue weighted by atomic mass is 9.86. The van der Waals surface area contributed by atoms with E-state index < -0.39 is 5.60 Å². The Hall–Kier alpha value is -1.30. The number of carbonyl (C=O) groups excluding carboxylic acids is 2. The molecule has 3 N–H and O–H groups in total. The molecule has 0 aromatic rings. The van der Waals surface area contributed by atoms with Gasteiger partial charge < -0.3 is 20.7 Å². The molecular formula is C14H25N3O3. The molecule has 1 saturated carbocycles. The van der Waals surface area contributed by atoms with Crippen LogP contribution in [0.4, 0.5) is 4.79 Å². The largest absolute Gasteiger partial charge is 0.444 e. The summed E-state index contributed by atoms with van der Waals surface area (Å²) in [5.41, 5.74) is -0.452. The van der Waals surface area contributed by atoms with Crippen LogP contribution in [0.15, 0.2) is 0 Å². The van der Waals surface area contributed by atoms with Crippen LogP contribution in [0.25, 0.3) is 0 Å². The number of rotatable bonds is 4. The van der Waals surface area contributed by atoms with Crippen LogP contribution in [-0.2, 0) is 9.53 Å². The summed E-state index contributed by atoms with van der Waals surface area (Å²) in [7, 11) is 0. The molecule has 6 heteroatoms. The van der Waals surface area contributed by atoms with E-state index in [9.17, 15) is 9.59 Å². The van der Waals surface area contributed by atoms with Gasteiger partial charge in [0, 0.05) is 31.1 Å². The van der Waals surface area contributed by atoms with Crippen molar-refractivity contribution in [2.24, 2.45) is 0 Å². The third kappa shape index (κ3) is 4.67. The Balaban J connectivity index is 1.56. The number of alkyl carbamates (subject to hydrolysis) is 1. The Labute approximate surface area is 120 Å². The summed E-state index contributed by atoms with van der Waals surface area (Å²) in [5.74, 6) is 0.148. The van der Waals surface area contributed by atoms with Crippen molar-refractivity contribution in [2.75, 3.05) is 6.54 Å². The Morgan fingerprint density at radius 1 is 1.35 bits per heavy atom. The van der Waals surface area contributed by atoms with E-state index in [2.05, 4.69) is 16.0 Å². The van der Waals surface area contributed by atoms with E-state index in [1.54, 1.807) is 0 Å². The molecule has 1 aliphatic heterocycles. The summed E-state index contributed by atoms with van der Waals surface area (Å²) >= 11 is 0. The van der Waals surface area contributed by atoms with Gasteiger partial charge in [0.1, 0.15) is 5.60 Å². The van der Waals surface area contributed by atoms with Crippen molar-refractivity contribution >= 4 is 12.0 Å². The van der Waals surface area contributed by atoms with Crippen molar-refractivity contribution in [1.82, 2.24) is 16.0 Å². The smallest absolute Gasteiger partial charge is 0.407 e. The first-order chi connectivity index (χ1) is 9.32. The number of hydrogen-bond acceptors (Lipinski definition) is 4. The third-order valence-electron chi connectivity index (χ3n) is 3.60. The molecule has 0 spiro atoms. The van der Waals surface area contributed by atoms with E-state index in [1.807, 2.05) is 20.8 Å². The second-order valence-corrected chi connectivity index (χ2v) is 6.72. The number of carbonyl (C=O) groups is 2. The first kappa shape index (κ1) is 15.1. The Bertz CT molecular complexity index is 372. The van der Waals surface area contributed by atoms with Crippen molar-refractivity contribution in [1.29, 1.82) is 0 Å². The molecule has 20 heavy (non-hydrogen) atoms. The van der Waals surface area contributed by atoms with E-state index >= 15 is 0 Å². The van der Waals surface area contributed by atoms with Gasteiger partial charge in [-0.25, -0.2) is 4.79 Å². The van der Waals surface area contributed by atoms with Crippen LogP contribution in [0.5, 0.6) is 0 Å². The molecule has 114 valence electrons. The van der Waals surface area contributed by atoms with Gasteiger partial charge in [0.25, 0.3) is 0 Å². The Morgan fingerprint density at radius 2 is 2.05 bits per heavy atom. The third-order valence-corrected chi connectivity index (χ3v) is 3.60. The van der Waals surface area contributed by atoms with Gasteiger partial charge in [0.2, 0.25) is 5.91 Å². The maximum atomic E-state index is 11.6. The Morgan fingerprint density at radius 3 is 2.60 bits per heavy atom. The molecule has 2 rings (SSSR count). The molecule has 0 bridgehead atoms. The molecule has 6 nitrogen and oxygen atoms in total. The molecule has 2 amide bonds. The monoisotopic (exact) mass is 283 g/mol. The number of ether oxygens (including phenoxy) is 1. The van der Waals surface area contributed by atoms with Crippen molar-refractivity contribution in [3.05, 3.63) is 0 Å². The quantitative estimate of drug-likeness (QED) is 0.716. The van der Waals surface area contributed by atoms with Crippen LogP contribution in [0, 0.1) is 0 Å². The summed E-state index contributed by atoms with van der Waals surface area (Å²) in [4.78, 5) is 22.6. The lowest BCUT2D eigenvalue weighted by molar-refractivity contribution is -0.119. The number of amides is 2. The predicted molar refractivity (Wildman–Crippen MR) is 75.3 cm³/mol. The van der Waals surface area contributed by atoms with E-state index in [-0.39, 0.29) is 24.1 Å². The average molecular weight is 283 g/mol. The zero-order valence-corrected chi connectivity index (χ0v) is 12.5. The minimum atomic E-state index is -0.452. The molecule has 1 saturated heterocycles. The number of nitrogens with one attached hydrogen (secondary N) is 3. The predicted octanol–water partition coefficient (Wildman–Crippen LogP) is 0.910. The van der Waals surface area contributed by atoms with E-state index in [0.717, 1.165) is 25.8 Å². The first-order valence-electron chi connectivity index (χ1n) is 7.34. The van der Waals surface area contributed by atoms with Crippen molar-refractivity contribution in [3.63, 3.8) is 0 Å². The van der Waals surface area contributed by atoms with Crippen LogP contribution in [0.1, 0.15) is 46.5 Å². The van der Waals surface area contributed by atoms with Crippen LogP contribution in [0.2, 0.25) is 0 Å². The standard InChI is InChI=1S/C14H25N3O3/c1-14(2,3)20-13(19)17-11-6-10(7-11)15-8-9-4-5-12(18)16-9/h9-11,15H,4-8H2,1-3H3,(H,16,18)(H,17,19). The summed E-state index contributed by atoms with van der Waals surface area (Å²) in [6.45, 7) is 6.38. The number of hydrogen-bond donors (Lipinski definition) is 3. The van der Waals surface area contributed by atoms with Gasteiger partial charge in [-0.1, -0.05) is 0 Å². The minimum Gasteiger partial charge on any atom is -0.444 e. The van der Waals surface area contributed by atoms with Crippen molar-refractivity contribution in [2.45, 2.75) is 70.2 Å². The zero-order valence-electron chi connectivity index (χ0n) is 12.5. The van der Waals surface area contributed by atoms with Crippen LogP contribution in [-0.4, -0.2) is 42.3 Å². The fourth-order valence-corrected chi connectivity index (χ4v) is 2.52. The molecule has 0 aromatic heterocycles. The second-order valence-electron chi connectivity index (χ2n) is 6.72. The minimum absolute atomic E-state index is 0.148. The highest BCUT2D eigenvalue weighted by Gasteiger charge is 2.32. The second kappa shape index (κ2) is 5.99. The van der Waals surface area contributed by atoms with Gasteiger partial charge in [0.05, 0.1) is 0 Å². The summed E-state index contributed by atoms with van der Waals surface area (Å²) in [5, 5.41) is 9.23. The fraction of sp³-hybridized carbons (Fsp3) is 0.857. The highest BCUT2D eigenvalue weighted by molar-refractivity contribution is 5.78. The van der Waals surface area contributed by atoms with Gasteiger partial charge in [0.15, 0.2) is 0 Å². The van der Waals surface area contributed by atoms with Gasteiger partial charge in [-0.15, -0.1) is 0 Å². The molecule has 1 heterocycles. The highest BCUT2D eigenvalue weighted by atomic mass is 16.6. The maximum absolute atomic E-state index is 11.6. The molecule has 2 fully saturated rings. The van der Waals surface area contributed by atoms with Gasteiger partial charge in [-0.3, -0.25) is 4.79 Å². The van der Waals surface area contributed by atoms with Gasteiger partial charge in [-0.05, 0) is 40.0 Å². The summed E-state index contributed by atoms with van der Waals surface area (Å²) in [6, 6.07) is 0.883. The summed E-state index contributed by atoms with van der Waals surface area (Å²) in [6.07, 6.45) is 3.04. The molecule has 0 radical (unpaired) electrons. The lowest BCUT2D eigenvalue weighted by Crippen LogP contribution is -2.54. The van der Waals surface area contributed by atoms with E-state index in [0.29, 0.717) is 12.5 Å². The molecule has 1 atom stereocenters. The van der Waals surface area contributed by atoms with Crippen LogP contribution >= 0.6 is 0 Å². The molecule has 0 aromatic carbocycles. The first-order valence-corrected chi connectivity index (χ1v) is 7.34. The van der Waals surface area contributed by atoms with Crippen LogP contribution in [0.3, 0.4) is 0 Å². The maximum Gasteiger partial charge on any atom is 0.407 e. The lowest BCUT2D eigenvalue weighted by Gasteiger charge is -2.37. The molecule has 1 unspecified atom stereocenters. The molecular weight excluding hydrogens is 258 g/mol. The molecule has 2 aliphatic rings. The fourth-order valence-electron chi connectivity index (χ4n) is 2.52. The van der Waals surface area contributed by atoms with Gasteiger partial charge in [-0.2, -0.15) is 0 Å². The van der Waals surface area contributed by atoms with Crippen molar-refractivity contribution in [3.8, 4) is 0 Å².